The van der Waals surface area contributed by atoms with Crippen molar-refractivity contribution in [3.63, 3.8) is 0 Å². The molecule has 6 heteroatoms. The van der Waals surface area contributed by atoms with E-state index >= 15 is 0 Å². The molecule has 2 N–H and O–H groups in total. The molecule has 2 unspecified atom stereocenters. The molecule has 1 amide bonds. The number of hydrogen-bond acceptors (Lipinski definition) is 2. The summed E-state index contributed by atoms with van der Waals surface area (Å²) in [6, 6.07) is -1.67. The molecule has 2 fully saturated rings. The van der Waals surface area contributed by atoms with Gasteiger partial charge in [-0.2, -0.15) is 13.2 Å². The van der Waals surface area contributed by atoms with Crippen LogP contribution >= 0.6 is 0 Å². The molecule has 1 saturated heterocycles. The molecule has 0 spiro atoms. The molecular weight excluding hydrogens is 257 g/mol. The maximum absolute atomic E-state index is 13.1. The largest absolute Gasteiger partial charge is 0.408 e. The highest BCUT2D eigenvalue weighted by molar-refractivity contribution is 5.79. The molecule has 1 aliphatic carbocycles. The molecule has 1 aliphatic heterocycles. The molecule has 0 aromatic rings. The Hall–Kier alpha value is -0.780. The van der Waals surface area contributed by atoms with Crippen molar-refractivity contribution in [2.75, 3.05) is 13.1 Å². The van der Waals surface area contributed by atoms with E-state index in [4.69, 9.17) is 0 Å². The lowest BCUT2D eigenvalue weighted by molar-refractivity contribution is -0.173. The predicted molar refractivity (Wildman–Crippen MR) is 65.5 cm³/mol. The van der Waals surface area contributed by atoms with Crippen LogP contribution in [0.15, 0.2) is 0 Å². The lowest BCUT2D eigenvalue weighted by Gasteiger charge is -2.34. The second-order valence-electron chi connectivity index (χ2n) is 5.78. The Morgan fingerprint density at radius 3 is 2.21 bits per heavy atom. The summed E-state index contributed by atoms with van der Waals surface area (Å²) in [5.41, 5.74) is 0. The van der Waals surface area contributed by atoms with Crippen LogP contribution in [0.4, 0.5) is 13.2 Å². The van der Waals surface area contributed by atoms with Crippen molar-refractivity contribution in [1.82, 2.24) is 10.6 Å². The highest BCUT2D eigenvalue weighted by Crippen LogP contribution is 2.36. The van der Waals surface area contributed by atoms with Crippen molar-refractivity contribution in [2.45, 2.75) is 44.8 Å². The zero-order chi connectivity index (χ0) is 14.0. The van der Waals surface area contributed by atoms with E-state index in [1.54, 1.807) is 6.92 Å². The Morgan fingerprint density at radius 2 is 1.79 bits per heavy atom. The van der Waals surface area contributed by atoms with Crippen LogP contribution in [0.1, 0.15) is 32.6 Å². The van der Waals surface area contributed by atoms with Crippen LogP contribution in [-0.4, -0.2) is 31.2 Å². The standard InChI is InChI=1S/C13H21F3N2O/c1-8(10-6-17-7-10)12(19)18-11(13(14,15)16)9-4-2-3-5-9/h8-11,17H,2-7H2,1H3,(H,18,19). The monoisotopic (exact) mass is 278 g/mol. The lowest BCUT2D eigenvalue weighted by Crippen LogP contribution is -2.55. The first-order chi connectivity index (χ1) is 8.89. The number of nitrogens with one attached hydrogen (secondary N) is 2. The molecule has 0 aromatic carbocycles. The third-order valence-corrected chi connectivity index (χ3v) is 4.46. The van der Waals surface area contributed by atoms with Gasteiger partial charge in [-0.1, -0.05) is 19.8 Å². The summed E-state index contributed by atoms with van der Waals surface area (Å²) in [5.74, 6) is -1.10. The third kappa shape index (κ3) is 3.41. The number of carbonyl (C=O) groups excluding carboxylic acids is 1. The Labute approximate surface area is 111 Å². The summed E-state index contributed by atoms with van der Waals surface area (Å²) in [6.45, 7) is 3.15. The number of halogens is 3. The zero-order valence-electron chi connectivity index (χ0n) is 11.1. The predicted octanol–water partition coefficient (Wildman–Crippen LogP) is 2.08. The van der Waals surface area contributed by atoms with Gasteiger partial charge in [0.1, 0.15) is 6.04 Å². The number of amides is 1. The molecule has 3 nitrogen and oxygen atoms in total. The average molecular weight is 278 g/mol. The Balaban J connectivity index is 1.96. The van der Waals surface area contributed by atoms with Crippen LogP contribution in [0.25, 0.3) is 0 Å². The first-order valence-corrected chi connectivity index (χ1v) is 6.97. The normalized spacial score (nSPS) is 24.8. The van der Waals surface area contributed by atoms with Crippen LogP contribution in [-0.2, 0) is 4.79 Å². The van der Waals surface area contributed by atoms with Crippen molar-refractivity contribution >= 4 is 5.91 Å². The van der Waals surface area contributed by atoms with Gasteiger partial charge in [0, 0.05) is 5.92 Å². The first-order valence-electron chi connectivity index (χ1n) is 6.97. The minimum absolute atomic E-state index is 0.164. The Morgan fingerprint density at radius 1 is 1.21 bits per heavy atom. The minimum atomic E-state index is -4.34. The van der Waals surface area contributed by atoms with Gasteiger partial charge in [-0.25, -0.2) is 0 Å². The molecule has 0 radical (unpaired) electrons. The molecule has 0 bridgehead atoms. The van der Waals surface area contributed by atoms with E-state index in [-0.39, 0.29) is 11.8 Å². The molecule has 2 rings (SSSR count). The van der Waals surface area contributed by atoms with Crippen molar-refractivity contribution in [2.24, 2.45) is 17.8 Å². The maximum Gasteiger partial charge on any atom is 0.408 e. The van der Waals surface area contributed by atoms with Crippen molar-refractivity contribution in [3.8, 4) is 0 Å². The minimum Gasteiger partial charge on any atom is -0.344 e. The van der Waals surface area contributed by atoms with Crippen LogP contribution < -0.4 is 10.6 Å². The van der Waals surface area contributed by atoms with E-state index < -0.39 is 24.0 Å². The number of alkyl halides is 3. The summed E-state index contributed by atoms with van der Waals surface area (Å²) in [6.07, 6.45) is -1.57. The fourth-order valence-electron chi connectivity index (χ4n) is 2.92. The zero-order valence-corrected chi connectivity index (χ0v) is 11.1. The quantitative estimate of drug-likeness (QED) is 0.826. The van der Waals surface area contributed by atoms with Gasteiger partial charge in [-0.05, 0) is 37.8 Å². The average Bonchev–Trinajstić information content (AvgIpc) is 2.74. The van der Waals surface area contributed by atoms with Crippen LogP contribution in [0.2, 0.25) is 0 Å². The number of rotatable bonds is 4. The second kappa shape index (κ2) is 5.69. The highest BCUT2D eigenvalue weighted by Gasteiger charge is 2.47. The van der Waals surface area contributed by atoms with Crippen molar-refractivity contribution < 1.29 is 18.0 Å². The van der Waals surface area contributed by atoms with E-state index in [9.17, 15) is 18.0 Å². The Kier molecular flexibility index (Phi) is 4.38. The second-order valence-corrected chi connectivity index (χ2v) is 5.78. The van der Waals surface area contributed by atoms with Crippen LogP contribution in [0.3, 0.4) is 0 Å². The summed E-state index contributed by atoms with van der Waals surface area (Å²) in [4.78, 5) is 12.0. The molecule has 1 saturated carbocycles. The summed E-state index contributed by atoms with van der Waals surface area (Å²) in [5, 5.41) is 5.29. The topological polar surface area (TPSA) is 41.1 Å². The summed E-state index contributed by atoms with van der Waals surface area (Å²) in [7, 11) is 0. The van der Waals surface area contributed by atoms with E-state index in [2.05, 4.69) is 10.6 Å². The number of hydrogen-bond donors (Lipinski definition) is 2. The molecular formula is C13H21F3N2O. The Bertz CT molecular complexity index is 322. The van der Waals surface area contributed by atoms with Gasteiger partial charge in [0.05, 0.1) is 0 Å². The van der Waals surface area contributed by atoms with Gasteiger partial charge in [0.2, 0.25) is 5.91 Å². The van der Waals surface area contributed by atoms with Gasteiger partial charge in [-0.15, -0.1) is 0 Å². The first kappa shape index (κ1) is 14.6. The van der Waals surface area contributed by atoms with Crippen LogP contribution in [0.5, 0.6) is 0 Å². The third-order valence-electron chi connectivity index (χ3n) is 4.46. The molecule has 110 valence electrons. The van der Waals surface area contributed by atoms with Gasteiger partial charge in [-0.3, -0.25) is 4.79 Å². The molecule has 1 heterocycles. The fourth-order valence-corrected chi connectivity index (χ4v) is 2.92. The van der Waals surface area contributed by atoms with Crippen molar-refractivity contribution in [1.29, 1.82) is 0 Å². The SMILES string of the molecule is CC(C(=O)NC(C1CCCC1)C(F)(F)F)C1CNC1. The summed E-state index contributed by atoms with van der Waals surface area (Å²) >= 11 is 0. The van der Waals surface area contributed by atoms with E-state index in [1.807, 2.05) is 0 Å². The maximum atomic E-state index is 13.1. The highest BCUT2D eigenvalue weighted by atomic mass is 19.4. The van der Waals surface area contributed by atoms with E-state index in [1.165, 1.54) is 0 Å². The van der Waals surface area contributed by atoms with Gasteiger partial charge >= 0.3 is 6.18 Å². The summed E-state index contributed by atoms with van der Waals surface area (Å²) < 4.78 is 39.2. The van der Waals surface area contributed by atoms with Gasteiger partial charge in [0.25, 0.3) is 0 Å². The lowest BCUT2D eigenvalue weighted by atomic mass is 9.87. The molecule has 19 heavy (non-hydrogen) atoms. The van der Waals surface area contributed by atoms with Gasteiger partial charge < -0.3 is 10.6 Å². The smallest absolute Gasteiger partial charge is 0.344 e. The van der Waals surface area contributed by atoms with Crippen LogP contribution in [0, 0.1) is 17.8 Å². The van der Waals surface area contributed by atoms with E-state index in [0.29, 0.717) is 25.9 Å². The van der Waals surface area contributed by atoms with E-state index in [0.717, 1.165) is 12.8 Å². The van der Waals surface area contributed by atoms with Crippen molar-refractivity contribution in [3.05, 3.63) is 0 Å². The molecule has 0 aromatic heterocycles. The molecule has 2 atom stereocenters. The fraction of sp³-hybridized carbons (Fsp3) is 0.923. The number of carbonyl (C=O) groups is 1. The molecule has 2 aliphatic rings. The van der Waals surface area contributed by atoms with Gasteiger partial charge in [0.15, 0.2) is 0 Å².